The average molecular weight is 382 g/mol. The van der Waals surface area contributed by atoms with Gasteiger partial charge in [-0.05, 0) is 45.4 Å². The third-order valence-electron chi connectivity index (χ3n) is 3.95. The maximum absolute atomic E-state index is 12.6. The van der Waals surface area contributed by atoms with E-state index < -0.39 is 10.0 Å². The van der Waals surface area contributed by atoms with E-state index in [-0.39, 0.29) is 22.4 Å². The summed E-state index contributed by atoms with van der Waals surface area (Å²) < 4.78 is 26.4. The third-order valence-corrected chi connectivity index (χ3v) is 6.91. The van der Waals surface area contributed by atoms with Crippen molar-refractivity contribution in [1.82, 2.24) is 9.29 Å². The summed E-state index contributed by atoms with van der Waals surface area (Å²) in [5.74, 6) is -0.374. The van der Waals surface area contributed by atoms with E-state index in [1.165, 1.54) is 34.8 Å². The number of nitrogens with zero attached hydrogens (tertiary/aromatic N) is 2. The molecule has 136 valence electrons. The van der Waals surface area contributed by atoms with E-state index in [0.29, 0.717) is 5.13 Å². The van der Waals surface area contributed by atoms with Crippen LogP contribution in [0.15, 0.2) is 29.2 Å². The Labute approximate surface area is 153 Å². The van der Waals surface area contributed by atoms with E-state index in [4.69, 9.17) is 0 Å². The van der Waals surface area contributed by atoms with Crippen molar-refractivity contribution in [2.75, 3.05) is 12.4 Å². The van der Waals surface area contributed by atoms with Crippen molar-refractivity contribution < 1.29 is 13.2 Å². The number of thiazole rings is 1. The number of aromatic nitrogens is 1. The lowest BCUT2D eigenvalue weighted by atomic mass is 10.2. The number of aryl methyl sites for hydroxylation is 2. The van der Waals surface area contributed by atoms with Crippen LogP contribution in [0.3, 0.4) is 0 Å². The maximum atomic E-state index is 12.6. The number of carbonyl (C=O) groups is 1. The predicted octanol–water partition coefficient (Wildman–Crippen LogP) is 3.30. The Kier molecular flexibility index (Phi) is 5.97. The molecule has 0 atom stereocenters. The van der Waals surface area contributed by atoms with Crippen molar-refractivity contribution in [3.63, 3.8) is 0 Å². The van der Waals surface area contributed by atoms with Gasteiger partial charge in [-0.15, -0.1) is 11.3 Å². The van der Waals surface area contributed by atoms with Gasteiger partial charge >= 0.3 is 0 Å². The normalized spacial score (nSPS) is 12.0. The van der Waals surface area contributed by atoms with Crippen molar-refractivity contribution in [1.29, 1.82) is 0 Å². The summed E-state index contributed by atoms with van der Waals surface area (Å²) in [4.78, 5) is 18.0. The lowest BCUT2D eigenvalue weighted by Gasteiger charge is -2.21. The second kappa shape index (κ2) is 7.63. The predicted molar refractivity (Wildman–Crippen MR) is 101 cm³/mol. The first kappa shape index (κ1) is 19.6. The molecule has 1 N–H and O–H groups in total. The summed E-state index contributed by atoms with van der Waals surface area (Å²) in [5, 5.41) is 3.26. The zero-order valence-corrected chi connectivity index (χ0v) is 16.7. The highest BCUT2D eigenvalue weighted by molar-refractivity contribution is 7.89. The Morgan fingerprint density at radius 2 is 2.04 bits per heavy atom. The molecular weight excluding hydrogens is 358 g/mol. The molecule has 1 heterocycles. The number of hydrogen-bond donors (Lipinski definition) is 1. The van der Waals surface area contributed by atoms with Crippen molar-refractivity contribution in [2.45, 2.75) is 45.1 Å². The molecule has 0 spiro atoms. The fraction of sp³-hybridized carbons (Fsp3) is 0.412. The first-order valence-electron chi connectivity index (χ1n) is 8.02. The summed E-state index contributed by atoms with van der Waals surface area (Å²) in [5.41, 5.74) is 1.24. The van der Waals surface area contributed by atoms with Crippen LogP contribution in [0.5, 0.6) is 0 Å². The number of sulfonamides is 1. The Morgan fingerprint density at radius 1 is 1.36 bits per heavy atom. The van der Waals surface area contributed by atoms with E-state index >= 15 is 0 Å². The van der Waals surface area contributed by atoms with Crippen molar-refractivity contribution in [2.24, 2.45) is 0 Å². The maximum Gasteiger partial charge on any atom is 0.257 e. The molecule has 0 aliphatic rings. The molecule has 0 bridgehead atoms. The highest BCUT2D eigenvalue weighted by atomic mass is 32.2. The molecule has 25 heavy (non-hydrogen) atoms. The van der Waals surface area contributed by atoms with E-state index in [1.807, 2.05) is 13.8 Å². The summed E-state index contributed by atoms with van der Waals surface area (Å²) >= 11 is 1.41. The average Bonchev–Trinajstić information content (AvgIpc) is 2.93. The van der Waals surface area contributed by atoms with E-state index in [9.17, 15) is 13.2 Å². The summed E-state index contributed by atoms with van der Waals surface area (Å²) in [6, 6.07) is 5.87. The summed E-state index contributed by atoms with van der Waals surface area (Å²) in [6.45, 7) is 7.56. The molecule has 0 aliphatic heterocycles. The number of hydrogen-bond acceptors (Lipinski definition) is 5. The summed E-state index contributed by atoms with van der Waals surface area (Å²) in [7, 11) is -2.11. The van der Waals surface area contributed by atoms with Gasteiger partial charge < -0.3 is 0 Å². The van der Waals surface area contributed by atoms with Crippen LogP contribution in [0.2, 0.25) is 0 Å². The molecule has 2 rings (SSSR count). The van der Waals surface area contributed by atoms with Gasteiger partial charge in [0.2, 0.25) is 10.0 Å². The zero-order chi connectivity index (χ0) is 18.8. The van der Waals surface area contributed by atoms with Crippen LogP contribution in [-0.4, -0.2) is 36.7 Å². The molecule has 2 aromatic rings. The Bertz CT molecular complexity index is 873. The minimum atomic E-state index is -3.63. The van der Waals surface area contributed by atoms with E-state index in [1.54, 1.807) is 26.0 Å². The van der Waals surface area contributed by atoms with Gasteiger partial charge in [-0.2, -0.15) is 4.31 Å². The topological polar surface area (TPSA) is 79.4 Å². The highest BCUT2D eigenvalue weighted by Crippen LogP contribution is 2.23. The molecule has 0 fully saturated rings. The van der Waals surface area contributed by atoms with Gasteiger partial charge in [0.25, 0.3) is 5.91 Å². The quantitative estimate of drug-likeness (QED) is 0.833. The lowest BCUT2D eigenvalue weighted by Crippen LogP contribution is -2.33. The monoisotopic (exact) mass is 381 g/mol. The molecule has 0 aliphatic carbocycles. The van der Waals surface area contributed by atoms with Crippen molar-refractivity contribution >= 4 is 32.4 Å². The second-order valence-electron chi connectivity index (χ2n) is 5.97. The van der Waals surface area contributed by atoms with Crippen LogP contribution in [0, 0.1) is 6.92 Å². The molecule has 1 amide bonds. The minimum absolute atomic E-state index is 0.0981. The SMILES string of the molecule is CCc1nc(NC(=O)c2cccc(S(=O)(=O)N(C)C(C)C)c2)sc1C. The van der Waals surface area contributed by atoms with Crippen LogP contribution >= 0.6 is 11.3 Å². The number of anilines is 1. The molecular formula is C17H23N3O3S2. The molecule has 0 radical (unpaired) electrons. The molecule has 8 heteroatoms. The summed E-state index contributed by atoms with van der Waals surface area (Å²) in [6.07, 6.45) is 0.799. The van der Waals surface area contributed by atoms with Gasteiger partial charge in [0, 0.05) is 23.5 Å². The van der Waals surface area contributed by atoms with Crippen LogP contribution in [-0.2, 0) is 16.4 Å². The molecule has 6 nitrogen and oxygen atoms in total. The van der Waals surface area contributed by atoms with Gasteiger partial charge in [-0.1, -0.05) is 13.0 Å². The van der Waals surface area contributed by atoms with E-state index in [0.717, 1.165) is 17.0 Å². The van der Waals surface area contributed by atoms with Gasteiger partial charge in [0.1, 0.15) is 0 Å². The zero-order valence-electron chi connectivity index (χ0n) is 15.0. The van der Waals surface area contributed by atoms with Gasteiger partial charge in [0.15, 0.2) is 5.13 Å². The fourth-order valence-corrected chi connectivity index (χ4v) is 4.53. The third kappa shape index (κ3) is 4.26. The number of nitrogens with one attached hydrogen (secondary N) is 1. The number of amides is 1. The van der Waals surface area contributed by atoms with Crippen molar-refractivity contribution in [3.8, 4) is 0 Å². The molecule has 0 saturated heterocycles. The van der Waals surface area contributed by atoms with Crippen LogP contribution in [0.4, 0.5) is 5.13 Å². The van der Waals surface area contributed by atoms with Gasteiger partial charge in [-0.25, -0.2) is 13.4 Å². The number of carbonyl (C=O) groups excluding carboxylic acids is 1. The minimum Gasteiger partial charge on any atom is -0.298 e. The second-order valence-corrected chi connectivity index (χ2v) is 9.17. The van der Waals surface area contributed by atoms with E-state index in [2.05, 4.69) is 10.3 Å². The molecule has 1 aromatic carbocycles. The standard InChI is InChI=1S/C17H23N3O3S2/c1-6-15-12(4)24-17(18-15)19-16(21)13-8-7-9-14(10-13)25(22,23)20(5)11(2)3/h7-11H,6H2,1-5H3,(H,18,19,21). The number of benzene rings is 1. The molecule has 1 aromatic heterocycles. The Morgan fingerprint density at radius 3 is 2.60 bits per heavy atom. The highest BCUT2D eigenvalue weighted by Gasteiger charge is 2.24. The molecule has 0 saturated carbocycles. The lowest BCUT2D eigenvalue weighted by molar-refractivity contribution is 0.102. The van der Waals surface area contributed by atoms with Crippen molar-refractivity contribution in [3.05, 3.63) is 40.4 Å². The van der Waals surface area contributed by atoms with Crippen LogP contribution in [0.25, 0.3) is 0 Å². The van der Waals surface area contributed by atoms with Crippen LogP contribution < -0.4 is 5.32 Å². The smallest absolute Gasteiger partial charge is 0.257 e. The number of rotatable bonds is 6. The molecule has 0 unspecified atom stereocenters. The Balaban J connectivity index is 2.27. The first-order chi connectivity index (χ1) is 11.7. The van der Waals surface area contributed by atoms with Crippen LogP contribution in [0.1, 0.15) is 41.7 Å². The first-order valence-corrected chi connectivity index (χ1v) is 10.3. The van der Waals surface area contributed by atoms with Gasteiger partial charge in [-0.3, -0.25) is 10.1 Å². The van der Waals surface area contributed by atoms with Gasteiger partial charge in [0.05, 0.1) is 10.6 Å². The fourth-order valence-electron chi connectivity index (χ4n) is 2.22. The Hall–Kier alpha value is -1.77. The largest absolute Gasteiger partial charge is 0.298 e.